The summed E-state index contributed by atoms with van der Waals surface area (Å²) in [5, 5.41) is 6.88. The molecule has 42 heavy (non-hydrogen) atoms. The van der Waals surface area contributed by atoms with E-state index < -0.39 is 0 Å². The van der Waals surface area contributed by atoms with E-state index in [1.807, 2.05) is 0 Å². The lowest BCUT2D eigenvalue weighted by molar-refractivity contribution is 0.536. The van der Waals surface area contributed by atoms with E-state index in [0.29, 0.717) is 0 Å². The maximum atomic E-state index is 5.07. The highest BCUT2D eigenvalue weighted by atomic mass is 15.6. The fourth-order valence-corrected chi connectivity index (χ4v) is 6.51. The van der Waals surface area contributed by atoms with Crippen molar-refractivity contribution in [2.45, 2.75) is 34.6 Å². The Morgan fingerprint density at radius 2 is 1.33 bits per heavy atom. The number of hydrogen-bond donors (Lipinski definition) is 0. The third kappa shape index (κ3) is 5.02. The Morgan fingerprint density at radius 3 is 2.00 bits per heavy atom. The Bertz CT molecular complexity index is 1780. The van der Waals surface area contributed by atoms with E-state index in [1.54, 1.807) is 0 Å². The molecule has 0 bridgehead atoms. The number of imidazole rings is 1. The largest absolute Gasteiger partial charge is 0.342 e. The van der Waals surface area contributed by atoms with Crippen molar-refractivity contribution in [2.24, 2.45) is 12.1 Å². The van der Waals surface area contributed by atoms with Gasteiger partial charge >= 0.3 is 0 Å². The van der Waals surface area contributed by atoms with Crippen LogP contribution in [0.4, 0.5) is 5.69 Å². The second-order valence-electron chi connectivity index (χ2n) is 11.6. The molecule has 0 saturated heterocycles. The van der Waals surface area contributed by atoms with Crippen LogP contribution in [-0.2, 0) is 7.05 Å². The van der Waals surface area contributed by atoms with E-state index >= 15 is 0 Å². The predicted molar refractivity (Wildman–Crippen MR) is 179 cm³/mol. The monoisotopic (exact) mass is 551 g/mol. The molecule has 5 nitrogen and oxygen atoms in total. The first-order valence-electron chi connectivity index (χ1n) is 14.6. The standard InChI is InChI=1S/C36H38BN5/c1-24-19-25(2)34(26(3)20-24)37(32-17-12-18-33(22-32)42-23-40(6)28(5)39-42)31-16-11-15-30(21-31)36-38-27(4)35(41(36)7)29-13-9-8-10-14-29/h8-22H,23H2,1-7H3. The van der Waals surface area contributed by atoms with Crippen molar-refractivity contribution >= 4 is 34.6 Å². The van der Waals surface area contributed by atoms with Crippen molar-refractivity contribution in [2.75, 3.05) is 18.7 Å². The van der Waals surface area contributed by atoms with E-state index in [1.165, 1.54) is 38.6 Å². The molecule has 1 aliphatic rings. The van der Waals surface area contributed by atoms with E-state index in [0.717, 1.165) is 41.0 Å². The van der Waals surface area contributed by atoms with Gasteiger partial charge in [-0.2, -0.15) is 5.10 Å². The van der Waals surface area contributed by atoms with Crippen LogP contribution in [0, 0.1) is 27.7 Å². The number of nitrogens with zero attached hydrogens (tertiary/aromatic N) is 5. The summed E-state index contributed by atoms with van der Waals surface area (Å²) in [5.74, 6) is 2.00. The first-order valence-corrected chi connectivity index (χ1v) is 14.6. The van der Waals surface area contributed by atoms with Gasteiger partial charge in [-0.15, -0.1) is 0 Å². The first-order chi connectivity index (χ1) is 20.2. The molecule has 6 heteroatoms. The number of hydrogen-bond acceptors (Lipinski definition) is 4. The summed E-state index contributed by atoms with van der Waals surface area (Å²) in [6, 6.07) is 33.0. The lowest BCUT2D eigenvalue weighted by Gasteiger charge is -2.23. The smallest absolute Gasteiger partial charge is 0.242 e. The van der Waals surface area contributed by atoms with Gasteiger partial charge in [-0.1, -0.05) is 112 Å². The Hall–Kier alpha value is -4.58. The van der Waals surface area contributed by atoms with Gasteiger partial charge in [0, 0.05) is 25.2 Å². The van der Waals surface area contributed by atoms with E-state index in [-0.39, 0.29) is 6.71 Å². The summed E-state index contributed by atoms with van der Waals surface area (Å²) in [6.07, 6.45) is 0. The number of aryl methyl sites for hydroxylation is 4. The van der Waals surface area contributed by atoms with Crippen LogP contribution in [0.2, 0.25) is 0 Å². The Morgan fingerprint density at radius 1 is 0.690 bits per heavy atom. The number of hydrazone groups is 1. The van der Waals surface area contributed by atoms with Crippen LogP contribution in [0.5, 0.6) is 0 Å². The van der Waals surface area contributed by atoms with Gasteiger partial charge in [-0.05, 0) is 46.8 Å². The zero-order valence-electron chi connectivity index (χ0n) is 25.7. The zero-order valence-corrected chi connectivity index (χ0v) is 25.7. The van der Waals surface area contributed by atoms with Crippen LogP contribution in [0.1, 0.15) is 29.3 Å². The second kappa shape index (κ2) is 11.0. The number of rotatable bonds is 6. The summed E-state index contributed by atoms with van der Waals surface area (Å²) in [7, 11) is 4.20. The lowest BCUT2D eigenvalue weighted by Crippen LogP contribution is -2.54. The number of aromatic nitrogens is 2. The van der Waals surface area contributed by atoms with Gasteiger partial charge in [0.1, 0.15) is 18.3 Å². The summed E-state index contributed by atoms with van der Waals surface area (Å²) in [4.78, 5) is 7.23. The predicted octanol–water partition coefficient (Wildman–Crippen LogP) is 5.55. The van der Waals surface area contributed by atoms with Crippen LogP contribution in [0.25, 0.3) is 22.6 Å². The number of benzene rings is 4. The van der Waals surface area contributed by atoms with E-state index in [9.17, 15) is 0 Å². The molecule has 4 aromatic carbocycles. The summed E-state index contributed by atoms with van der Waals surface area (Å²) in [5.41, 5.74) is 13.3. The van der Waals surface area contributed by atoms with Gasteiger partial charge < -0.3 is 9.47 Å². The van der Waals surface area contributed by atoms with Crippen molar-refractivity contribution in [3.05, 3.63) is 113 Å². The number of anilines is 1. The molecule has 0 atom stereocenters. The summed E-state index contributed by atoms with van der Waals surface area (Å²) < 4.78 is 2.23. The van der Waals surface area contributed by atoms with Gasteiger partial charge in [0.25, 0.3) is 0 Å². The molecule has 0 amide bonds. The highest BCUT2D eigenvalue weighted by Gasteiger charge is 2.28. The van der Waals surface area contributed by atoms with Crippen LogP contribution in [0.3, 0.4) is 0 Å². The molecule has 0 spiro atoms. The molecule has 0 unspecified atom stereocenters. The Kier molecular flexibility index (Phi) is 7.23. The van der Waals surface area contributed by atoms with Gasteiger partial charge in [-0.25, -0.2) is 9.99 Å². The normalized spacial score (nSPS) is 13.1. The van der Waals surface area contributed by atoms with Gasteiger partial charge in [0.2, 0.25) is 6.71 Å². The summed E-state index contributed by atoms with van der Waals surface area (Å²) >= 11 is 0. The highest BCUT2D eigenvalue weighted by molar-refractivity contribution is 6.96. The maximum Gasteiger partial charge on any atom is 0.242 e. The molecule has 0 fully saturated rings. The van der Waals surface area contributed by atoms with Crippen molar-refractivity contribution in [1.82, 2.24) is 14.5 Å². The third-order valence-electron chi connectivity index (χ3n) is 8.49. The topological polar surface area (TPSA) is 36.7 Å². The molecule has 0 radical (unpaired) electrons. The molecule has 0 saturated carbocycles. The Balaban J connectivity index is 1.50. The minimum absolute atomic E-state index is 0.0610. The molecule has 0 aliphatic carbocycles. The molecular formula is C36H38BN5. The molecular weight excluding hydrogens is 513 g/mol. The second-order valence-corrected chi connectivity index (χ2v) is 11.6. The van der Waals surface area contributed by atoms with Gasteiger partial charge in [0.15, 0.2) is 0 Å². The molecule has 5 aromatic rings. The number of amidine groups is 1. The molecule has 1 aliphatic heterocycles. The van der Waals surface area contributed by atoms with Crippen LogP contribution in [-0.4, -0.2) is 40.7 Å². The minimum atomic E-state index is 0.0610. The molecule has 6 rings (SSSR count). The fourth-order valence-electron chi connectivity index (χ4n) is 6.51. The fraction of sp³-hybridized carbons (Fsp3) is 0.222. The van der Waals surface area contributed by atoms with Crippen LogP contribution < -0.4 is 21.4 Å². The minimum Gasteiger partial charge on any atom is -0.342 e. The highest BCUT2D eigenvalue weighted by Crippen LogP contribution is 2.28. The Labute approximate surface area is 250 Å². The van der Waals surface area contributed by atoms with Crippen LogP contribution in [0.15, 0.2) is 96.1 Å². The average Bonchev–Trinajstić information content (AvgIpc) is 3.47. The molecule has 1 aromatic heterocycles. The third-order valence-corrected chi connectivity index (χ3v) is 8.49. The quantitative estimate of drug-likeness (QED) is 0.260. The van der Waals surface area contributed by atoms with Crippen molar-refractivity contribution in [3.8, 4) is 22.6 Å². The molecule has 210 valence electrons. The maximum absolute atomic E-state index is 5.07. The van der Waals surface area contributed by atoms with Crippen molar-refractivity contribution in [3.63, 3.8) is 0 Å². The molecule has 0 N–H and O–H groups in total. The average molecular weight is 552 g/mol. The summed E-state index contributed by atoms with van der Waals surface area (Å²) in [6.45, 7) is 11.6. The van der Waals surface area contributed by atoms with Gasteiger partial charge in [-0.3, -0.25) is 0 Å². The van der Waals surface area contributed by atoms with Gasteiger partial charge in [0.05, 0.1) is 17.1 Å². The van der Waals surface area contributed by atoms with Crippen LogP contribution >= 0.6 is 0 Å². The zero-order chi connectivity index (χ0) is 29.5. The molecule has 2 heterocycles. The van der Waals surface area contributed by atoms with E-state index in [2.05, 4.69) is 154 Å². The van der Waals surface area contributed by atoms with E-state index in [4.69, 9.17) is 10.1 Å². The van der Waals surface area contributed by atoms with Crippen molar-refractivity contribution < 1.29 is 0 Å². The SMILES string of the molecule is CC1=NN(c2cccc(B(c3cccc(-c4nc(C)c(-c5ccccc5)n4C)c3)c3c(C)cc(C)cc3C)c2)CN1C. The first kappa shape index (κ1) is 27.6. The lowest BCUT2D eigenvalue weighted by atomic mass is 9.35. The van der Waals surface area contributed by atoms with Crippen molar-refractivity contribution in [1.29, 1.82) is 0 Å².